The topological polar surface area (TPSA) is 100 Å². The molecule has 0 aromatic heterocycles. The van der Waals surface area contributed by atoms with E-state index in [2.05, 4.69) is 26.6 Å². The minimum absolute atomic E-state index is 0.147. The molecule has 10 nitrogen and oxygen atoms in total. The smallest absolute Gasteiger partial charge is 0.305 e. The molecule has 0 amide bonds. The van der Waals surface area contributed by atoms with E-state index in [1.165, 1.54) is 0 Å². The molecular weight excluding hydrogens is 500 g/mol. The van der Waals surface area contributed by atoms with Gasteiger partial charge in [-0.25, -0.2) is 0 Å². The molecule has 0 N–H and O–H groups in total. The molecule has 0 aromatic carbocycles. The zero-order valence-electron chi connectivity index (χ0n) is 23.9. The first-order chi connectivity index (χ1) is 18.0. The van der Waals surface area contributed by atoms with Crippen molar-refractivity contribution in [3.8, 4) is 0 Å². The van der Waals surface area contributed by atoms with Crippen LogP contribution in [-0.4, -0.2) is 120 Å². The molecule has 0 saturated heterocycles. The highest BCUT2D eigenvalue weighted by molar-refractivity contribution is 6.69. The maximum atomic E-state index is 11.5. The number of carbonyl (C=O) groups excluding carboxylic acids is 1. The maximum absolute atomic E-state index is 11.5. The van der Waals surface area contributed by atoms with Gasteiger partial charge >= 0.3 is 5.97 Å². The van der Waals surface area contributed by atoms with E-state index in [0.717, 1.165) is 25.7 Å². The second-order valence-electron chi connectivity index (χ2n) is 9.28. The molecule has 0 rings (SSSR count). The summed E-state index contributed by atoms with van der Waals surface area (Å²) in [4.78, 5) is 11.5. The molecule has 0 heterocycles. The van der Waals surface area contributed by atoms with Crippen LogP contribution in [-0.2, 0) is 47.1 Å². The third-order valence-corrected chi connectivity index (χ3v) is 5.79. The number of hydrogen-bond acceptors (Lipinski definition) is 10. The highest BCUT2D eigenvalue weighted by Crippen LogP contribution is 2.03. The molecule has 0 radical (unpaired) electrons. The first-order valence-corrected chi connectivity index (χ1v) is 17.2. The summed E-state index contributed by atoms with van der Waals surface area (Å²) < 4.78 is 48.9. The Morgan fingerprint density at radius 1 is 0.486 bits per heavy atom. The third kappa shape index (κ3) is 33.3. The van der Waals surface area contributed by atoms with Gasteiger partial charge in [0, 0.05) is 6.42 Å². The number of ether oxygens (including phenoxy) is 8. The summed E-state index contributed by atoms with van der Waals surface area (Å²) in [5.41, 5.74) is 0. The highest BCUT2D eigenvalue weighted by atomic mass is 28.4. The van der Waals surface area contributed by atoms with Gasteiger partial charge in [-0.05, 0) is 26.1 Å². The molecule has 222 valence electrons. The number of carbonyl (C=O) groups is 1. The molecule has 0 aliphatic carbocycles. The minimum Gasteiger partial charge on any atom is -0.463 e. The monoisotopic (exact) mass is 554 g/mol. The van der Waals surface area contributed by atoms with Crippen LogP contribution in [0.3, 0.4) is 0 Å². The molecule has 0 aliphatic rings. The van der Waals surface area contributed by atoms with Crippen LogP contribution in [0, 0.1) is 0 Å². The van der Waals surface area contributed by atoms with Crippen LogP contribution in [0.15, 0.2) is 0 Å². The van der Waals surface area contributed by atoms with Crippen molar-refractivity contribution in [3.63, 3.8) is 0 Å². The number of rotatable bonds is 30. The van der Waals surface area contributed by atoms with Crippen molar-refractivity contribution >= 4 is 14.3 Å². The molecule has 0 spiro atoms. The van der Waals surface area contributed by atoms with Crippen molar-refractivity contribution in [1.29, 1.82) is 0 Å². The Kier molecular flexibility index (Phi) is 27.9. The molecule has 0 unspecified atom stereocenters. The Balaban J connectivity index is 3.10. The average Bonchev–Trinajstić information content (AvgIpc) is 2.86. The first-order valence-electron chi connectivity index (χ1n) is 13.8. The summed E-state index contributed by atoms with van der Waals surface area (Å²) in [6.45, 7) is 16.7. The third-order valence-electron chi connectivity index (χ3n) is 4.72. The van der Waals surface area contributed by atoms with Crippen LogP contribution in [0.25, 0.3) is 0 Å². The molecular formula is C26H54O10Si. The number of hydrogen-bond donors (Lipinski definition) is 0. The second-order valence-corrected chi connectivity index (χ2v) is 13.8. The van der Waals surface area contributed by atoms with Gasteiger partial charge in [-0.1, -0.05) is 26.2 Å². The molecule has 11 heteroatoms. The van der Waals surface area contributed by atoms with E-state index in [9.17, 15) is 4.79 Å². The fourth-order valence-electron chi connectivity index (χ4n) is 2.81. The summed E-state index contributed by atoms with van der Waals surface area (Å²) in [5, 5.41) is 0. The summed E-state index contributed by atoms with van der Waals surface area (Å²) >= 11 is 0. The van der Waals surface area contributed by atoms with Crippen molar-refractivity contribution in [2.75, 3.05) is 106 Å². The van der Waals surface area contributed by atoms with Crippen LogP contribution in [0.2, 0.25) is 19.6 Å². The zero-order valence-corrected chi connectivity index (χ0v) is 24.9. The Morgan fingerprint density at radius 3 is 1.19 bits per heavy atom. The molecule has 0 bridgehead atoms. The van der Waals surface area contributed by atoms with Crippen LogP contribution in [0.5, 0.6) is 0 Å². The summed E-state index contributed by atoms with van der Waals surface area (Å²) in [6.07, 6.45) is 4.79. The van der Waals surface area contributed by atoms with E-state index in [1.54, 1.807) is 0 Å². The fourth-order valence-corrected chi connectivity index (χ4v) is 3.51. The van der Waals surface area contributed by atoms with Gasteiger partial charge in [0.15, 0.2) is 8.32 Å². The fraction of sp³-hybridized carbons (Fsp3) is 0.962. The molecule has 0 fully saturated rings. The lowest BCUT2D eigenvalue weighted by Gasteiger charge is -2.16. The second kappa shape index (κ2) is 28.4. The SMILES string of the molecule is CCCCCCC(=O)OCCOCCOCCOCCOCCOCCOCCOCCO[Si](C)(C)C. The Morgan fingerprint density at radius 2 is 0.838 bits per heavy atom. The molecule has 37 heavy (non-hydrogen) atoms. The quantitative estimate of drug-likeness (QED) is 0.0745. The lowest BCUT2D eigenvalue weighted by Crippen LogP contribution is -2.27. The number of unbranched alkanes of at least 4 members (excludes halogenated alkanes) is 3. The van der Waals surface area contributed by atoms with E-state index in [-0.39, 0.29) is 5.97 Å². The van der Waals surface area contributed by atoms with E-state index in [4.69, 9.17) is 42.3 Å². The maximum Gasteiger partial charge on any atom is 0.305 e. The van der Waals surface area contributed by atoms with E-state index in [1.807, 2.05) is 0 Å². The lowest BCUT2D eigenvalue weighted by molar-refractivity contribution is -0.145. The van der Waals surface area contributed by atoms with Crippen molar-refractivity contribution < 1.29 is 47.1 Å². The minimum atomic E-state index is -1.45. The van der Waals surface area contributed by atoms with E-state index < -0.39 is 8.32 Å². The summed E-state index contributed by atoms with van der Waals surface area (Å²) in [6, 6.07) is 0. The van der Waals surface area contributed by atoms with Gasteiger partial charge in [-0.15, -0.1) is 0 Å². The van der Waals surface area contributed by atoms with Gasteiger partial charge in [-0.3, -0.25) is 4.79 Å². The van der Waals surface area contributed by atoms with Crippen LogP contribution < -0.4 is 0 Å². The van der Waals surface area contributed by atoms with Crippen LogP contribution >= 0.6 is 0 Å². The highest BCUT2D eigenvalue weighted by Gasteiger charge is 2.13. The molecule has 0 aliphatic heterocycles. The predicted octanol–water partition coefficient (Wildman–Crippen LogP) is 3.47. The van der Waals surface area contributed by atoms with Gasteiger partial charge in [0.1, 0.15) is 6.61 Å². The van der Waals surface area contributed by atoms with E-state index in [0.29, 0.717) is 112 Å². The number of esters is 1. The van der Waals surface area contributed by atoms with Crippen molar-refractivity contribution in [1.82, 2.24) is 0 Å². The Labute approximate surface area is 226 Å². The largest absolute Gasteiger partial charge is 0.463 e. The Hall–Kier alpha value is -0.633. The molecule has 0 atom stereocenters. The standard InChI is InChI=1S/C26H54O10Si/c1-5-6-7-8-9-26(27)35-24-22-33-20-18-31-16-14-29-12-10-28-11-13-30-15-17-32-19-21-34-23-25-36-37(2,3)4/h5-25H2,1-4H3. The molecule has 0 aromatic rings. The summed E-state index contributed by atoms with van der Waals surface area (Å²) in [7, 11) is -1.45. The Bertz CT molecular complexity index is 477. The average molecular weight is 555 g/mol. The van der Waals surface area contributed by atoms with Crippen molar-refractivity contribution in [3.05, 3.63) is 0 Å². The van der Waals surface area contributed by atoms with Gasteiger partial charge in [0.25, 0.3) is 0 Å². The first kappa shape index (κ1) is 36.4. The predicted molar refractivity (Wildman–Crippen MR) is 145 cm³/mol. The lowest BCUT2D eigenvalue weighted by atomic mass is 10.2. The van der Waals surface area contributed by atoms with Crippen molar-refractivity contribution in [2.24, 2.45) is 0 Å². The van der Waals surface area contributed by atoms with Gasteiger partial charge in [0.05, 0.1) is 99.1 Å². The zero-order chi connectivity index (χ0) is 27.3. The van der Waals surface area contributed by atoms with Gasteiger partial charge in [-0.2, -0.15) is 0 Å². The van der Waals surface area contributed by atoms with Gasteiger partial charge in [0.2, 0.25) is 0 Å². The van der Waals surface area contributed by atoms with E-state index >= 15 is 0 Å². The van der Waals surface area contributed by atoms with Crippen LogP contribution in [0.4, 0.5) is 0 Å². The molecule has 0 saturated carbocycles. The van der Waals surface area contributed by atoms with Crippen molar-refractivity contribution in [2.45, 2.75) is 58.7 Å². The summed E-state index contributed by atoms with van der Waals surface area (Å²) in [5.74, 6) is -0.147. The van der Waals surface area contributed by atoms with Crippen LogP contribution in [0.1, 0.15) is 39.0 Å². The van der Waals surface area contributed by atoms with Gasteiger partial charge < -0.3 is 42.3 Å². The normalized spacial score (nSPS) is 11.8.